The molecule has 2 N–H and O–H groups in total. The summed E-state index contributed by atoms with van der Waals surface area (Å²) in [5.41, 5.74) is 2.67. The van der Waals surface area contributed by atoms with Gasteiger partial charge in [0.1, 0.15) is 0 Å². The molecule has 2 heterocycles. The van der Waals surface area contributed by atoms with Crippen LogP contribution in [0, 0.1) is 11.3 Å². The zero-order valence-electron chi connectivity index (χ0n) is 16.7. The molecule has 2 fully saturated rings. The molecule has 27 heavy (non-hydrogen) atoms. The Morgan fingerprint density at radius 1 is 1.22 bits per heavy atom. The third-order valence-electron chi connectivity index (χ3n) is 6.28. The van der Waals surface area contributed by atoms with Gasteiger partial charge in [0.25, 0.3) is 0 Å². The molecule has 1 aliphatic carbocycles. The second-order valence-electron chi connectivity index (χ2n) is 8.43. The molecule has 1 saturated heterocycles. The highest BCUT2D eigenvalue weighted by Gasteiger charge is 2.59. The predicted octanol–water partition coefficient (Wildman–Crippen LogP) is 2.93. The third-order valence-corrected chi connectivity index (χ3v) is 6.28. The molecule has 1 aromatic carbocycles. The van der Waals surface area contributed by atoms with Crippen LogP contribution in [0.2, 0.25) is 0 Å². The molecule has 0 spiro atoms. The molecule has 0 bridgehead atoms. The van der Waals surface area contributed by atoms with E-state index in [1.807, 2.05) is 0 Å². The van der Waals surface area contributed by atoms with E-state index in [1.54, 1.807) is 0 Å². The highest BCUT2D eigenvalue weighted by atomic mass is 16.5. The monoisotopic (exact) mass is 368 g/mol. The minimum absolute atomic E-state index is 0.156. The Balaban J connectivity index is 1.39. The smallest absolute Gasteiger partial charge is 0.191 e. The second kappa shape index (κ2) is 7.55. The normalized spacial score (nSPS) is 28.8. The number of ether oxygens (including phenoxy) is 1. The summed E-state index contributed by atoms with van der Waals surface area (Å²) >= 11 is 0. The van der Waals surface area contributed by atoms with Gasteiger partial charge in [0.05, 0.1) is 12.6 Å². The lowest BCUT2D eigenvalue weighted by Crippen LogP contribution is -2.67. The molecular formula is C22H32N4O. The number of hydrogen-bond acceptors (Lipinski definition) is 3. The molecule has 2 aliphatic heterocycles. The van der Waals surface area contributed by atoms with Crippen molar-refractivity contribution in [2.24, 2.45) is 16.3 Å². The van der Waals surface area contributed by atoms with Gasteiger partial charge in [-0.15, -0.1) is 0 Å². The Hall–Kier alpha value is -2.01. The molecule has 0 aromatic heterocycles. The van der Waals surface area contributed by atoms with Crippen LogP contribution >= 0.6 is 0 Å². The molecule has 0 amide bonds. The first-order chi connectivity index (χ1) is 13.1. The molecule has 5 heteroatoms. The number of anilines is 1. The van der Waals surface area contributed by atoms with Crippen LogP contribution in [-0.4, -0.2) is 44.3 Å². The van der Waals surface area contributed by atoms with E-state index in [-0.39, 0.29) is 5.41 Å². The predicted molar refractivity (Wildman–Crippen MR) is 111 cm³/mol. The second-order valence-corrected chi connectivity index (χ2v) is 8.43. The molecule has 1 saturated carbocycles. The minimum atomic E-state index is 0.156. The van der Waals surface area contributed by atoms with Crippen LogP contribution in [0.4, 0.5) is 5.69 Å². The fourth-order valence-corrected chi connectivity index (χ4v) is 4.76. The number of fused-ring (bicyclic) bond motifs is 1. The fourth-order valence-electron chi connectivity index (χ4n) is 4.76. The van der Waals surface area contributed by atoms with Crippen LogP contribution in [0.3, 0.4) is 0 Å². The van der Waals surface area contributed by atoms with Crippen molar-refractivity contribution in [1.82, 2.24) is 10.6 Å². The molecule has 1 aromatic rings. The molecule has 0 radical (unpaired) electrons. The van der Waals surface area contributed by atoms with Crippen molar-refractivity contribution in [2.45, 2.75) is 45.9 Å². The number of nitrogens with zero attached hydrogens (tertiary/aromatic N) is 2. The van der Waals surface area contributed by atoms with Crippen LogP contribution in [0.1, 0.15) is 32.8 Å². The van der Waals surface area contributed by atoms with Crippen LogP contribution in [-0.2, 0) is 11.3 Å². The molecule has 3 atom stereocenters. The molecule has 3 unspecified atom stereocenters. The van der Waals surface area contributed by atoms with E-state index in [4.69, 9.17) is 9.73 Å². The zero-order chi connectivity index (χ0) is 18.9. The number of nitrogens with one attached hydrogen (secondary N) is 2. The van der Waals surface area contributed by atoms with Crippen molar-refractivity contribution < 1.29 is 4.74 Å². The van der Waals surface area contributed by atoms with Crippen molar-refractivity contribution in [2.75, 3.05) is 31.1 Å². The Labute approximate surface area is 162 Å². The van der Waals surface area contributed by atoms with E-state index in [0.29, 0.717) is 24.6 Å². The van der Waals surface area contributed by atoms with Crippen molar-refractivity contribution in [3.8, 4) is 0 Å². The van der Waals surface area contributed by atoms with Gasteiger partial charge in [0.2, 0.25) is 0 Å². The number of aliphatic imine (C=N–C) groups is 1. The largest absolute Gasteiger partial charge is 0.377 e. The van der Waals surface area contributed by atoms with E-state index < -0.39 is 0 Å². The standard InChI is InChI=1S/C22H32N4O/c1-4-23-21(25-19-18-11-14-27-20(18)22(19,2)3)24-15-16-7-9-17(10-8-16)26-12-5-6-13-26/h5-10,18-20H,4,11-15H2,1-3H3,(H2,23,24,25). The minimum Gasteiger partial charge on any atom is -0.377 e. The zero-order valence-corrected chi connectivity index (χ0v) is 16.7. The average Bonchev–Trinajstić information content (AvgIpc) is 3.35. The lowest BCUT2D eigenvalue weighted by Gasteiger charge is -2.54. The number of benzene rings is 1. The molecule has 3 aliphatic rings. The van der Waals surface area contributed by atoms with Crippen LogP contribution in [0.5, 0.6) is 0 Å². The lowest BCUT2D eigenvalue weighted by molar-refractivity contribution is -0.106. The summed E-state index contributed by atoms with van der Waals surface area (Å²) in [5.74, 6) is 1.52. The summed E-state index contributed by atoms with van der Waals surface area (Å²) in [6.07, 6.45) is 5.98. The maximum Gasteiger partial charge on any atom is 0.191 e. The highest BCUT2D eigenvalue weighted by molar-refractivity contribution is 5.80. The van der Waals surface area contributed by atoms with Gasteiger partial charge in [0, 0.05) is 49.3 Å². The summed E-state index contributed by atoms with van der Waals surface area (Å²) in [7, 11) is 0. The van der Waals surface area contributed by atoms with Crippen LogP contribution in [0.25, 0.3) is 0 Å². The van der Waals surface area contributed by atoms with Crippen molar-refractivity contribution in [3.05, 3.63) is 42.0 Å². The molecule has 5 nitrogen and oxygen atoms in total. The average molecular weight is 369 g/mol. The quantitative estimate of drug-likeness (QED) is 0.477. The van der Waals surface area contributed by atoms with Crippen molar-refractivity contribution in [3.63, 3.8) is 0 Å². The van der Waals surface area contributed by atoms with E-state index in [1.165, 1.54) is 11.3 Å². The first-order valence-corrected chi connectivity index (χ1v) is 10.2. The first kappa shape index (κ1) is 18.4. The summed E-state index contributed by atoms with van der Waals surface area (Å²) in [6, 6.07) is 9.21. The van der Waals surface area contributed by atoms with Crippen molar-refractivity contribution in [1.29, 1.82) is 0 Å². The molecular weight excluding hydrogens is 336 g/mol. The fraction of sp³-hybridized carbons (Fsp3) is 0.591. The summed E-state index contributed by atoms with van der Waals surface area (Å²) < 4.78 is 5.91. The van der Waals surface area contributed by atoms with Gasteiger partial charge in [-0.2, -0.15) is 0 Å². The summed E-state index contributed by atoms with van der Waals surface area (Å²) in [5, 5.41) is 7.09. The Kier molecular flexibility index (Phi) is 5.13. The van der Waals surface area contributed by atoms with Gasteiger partial charge < -0.3 is 20.3 Å². The van der Waals surface area contributed by atoms with E-state index in [2.05, 4.69) is 72.7 Å². The van der Waals surface area contributed by atoms with Gasteiger partial charge >= 0.3 is 0 Å². The first-order valence-electron chi connectivity index (χ1n) is 10.2. The number of rotatable bonds is 5. The van der Waals surface area contributed by atoms with Gasteiger partial charge in [-0.05, 0) is 31.0 Å². The van der Waals surface area contributed by atoms with E-state index in [0.717, 1.165) is 38.6 Å². The molecule has 4 rings (SSSR count). The van der Waals surface area contributed by atoms with E-state index in [9.17, 15) is 0 Å². The Morgan fingerprint density at radius 2 is 1.96 bits per heavy atom. The summed E-state index contributed by atoms with van der Waals surface area (Å²) in [6.45, 7) is 11.2. The highest BCUT2D eigenvalue weighted by Crippen LogP contribution is 2.52. The van der Waals surface area contributed by atoms with Gasteiger partial charge in [-0.3, -0.25) is 0 Å². The van der Waals surface area contributed by atoms with Gasteiger partial charge in [-0.25, -0.2) is 4.99 Å². The molecule has 146 valence electrons. The number of guanidine groups is 1. The topological polar surface area (TPSA) is 48.9 Å². The van der Waals surface area contributed by atoms with Gasteiger partial charge in [0.15, 0.2) is 5.96 Å². The van der Waals surface area contributed by atoms with Crippen molar-refractivity contribution >= 4 is 11.6 Å². The summed E-state index contributed by atoms with van der Waals surface area (Å²) in [4.78, 5) is 7.20. The van der Waals surface area contributed by atoms with Gasteiger partial charge in [-0.1, -0.05) is 38.1 Å². The Bertz CT molecular complexity index is 702. The third kappa shape index (κ3) is 3.57. The maximum absolute atomic E-state index is 5.91. The van der Waals surface area contributed by atoms with E-state index >= 15 is 0 Å². The maximum atomic E-state index is 5.91. The SMILES string of the molecule is CCNC(=NCc1ccc(N2CC=CC2)cc1)NC1C2CCOC2C1(C)C. The van der Waals surface area contributed by atoms with Crippen LogP contribution in [0.15, 0.2) is 41.4 Å². The number of hydrogen-bond donors (Lipinski definition) is 2. The van der Waals surface area contributed by atoms with Crippen LogP contribution < -0.4 is 15.5 Å². The Morgan fingerprint density at radius 3 is 2.67 bits per heavy atom. The lowest BCUT2D eigenvalue weighted by atomic mass is 9.57.